The lowest BCUT2D eigenvalue weighted by atomic mass is 10.0. The molecule has 3 saturated heterocycles. The molecule has 0 aliphatic carbocycles. The first-order valence-electron chi connectivity index (χ1n) is 9.86. The maximum absolute atomic E-state index is 12.9. The standard InChI is InChI=1S/C19H27F3N4S/c20-19(21,22)17-2-1-3-18(23-17)26-11-9-25(10-12-26)15-4-7-24(8-5-15)16-6-13-27-14-16/h1-3,15-16H,4-14H2/t16-/m1/s1. The molecule has 27 heavy (non-hydrogen) atoms. The highest BCUT2D eigenvalue weighted by Gasteiger charge is 2.34. The number of alkyl halides is 3. The molecule has 0 spiro atoms. The van der Waals surface area contributed by atoms with Crippen molar-refractivity contribution in [3.05, 3.63) is 23.9 Å². The van der Waals surface area contributed by atoms with E-state index in [2.05, 4.69) is 26.5 Å². The van der Waals surface area contributed by atoms with Gasteiger partial charge in [0, 0.05) is 44.0 Å². The summed E-state index contributed by atoms with van der Waals surface area (Å²) in [5.74, 6) is 3.03. The van der Waals surface area contributed by atoms with Gasteiger partial charge in [-0.2, -0.15) is 24.9 Å². The maximum atomic E-state index is 12.9. The van der Waals surface area contributed by atoms with E-state index in [0.29, 0.717) is 11.9 Å². The van der Waals surface area contributed by atoms with Gasteiger partial charge in [-0.05, 0) is 50.2 Å². The van der Waals surface area contributed by atoms with Crippen LogP contribution in [0.3, 0.4) is 0 Å². The predicted molar refractivity (Wildman–Crippen MR) is 103 cm³/mol. The minimum absolute atomic E-state index is 0.443. The number of nitrogens with zero attached hydrogens (tertiary/aromatic N) is 4. The number of hydrogen-bond donors (Lipinski definition) is 0. The van der Waals surface area contributed by atoms with Gasteiger partial charge in [-0.1, -0.05) is 6.07 Å². The topological polar surface area (TPSA) is 22.6 Å². The van der Waals surface area contributed by atoms with Crippen LogP contribution in [0.5, 0.6) is 0 Å². The van der Waals surface area contributed by atoms with Gasteiger partial charge in [-0.15, -0.1) is 0 Å². The number of aromatic nitrogens is 1. The molecular formula is C19H27F3N4S. The van der Waals surface area contributed by atoms with Crippen LogP contribution in [0.2, 0.25) is 0 Å². The third-order valence-corrected chi connectivity index (χ3v) is 7.25. The average Bonchev–Trinajstić information content (AvgIpc) is 3.23. The van der Waals surface area contributed by atoms with Gasteiger partial charge in [-0.3, -0.25) is 9.80 Å². The summed E-state index contributed by atoms with van der Waals surface area (Å²) in [6.45, 7) is 5.67. The Hall–Kier alpha value is -0.990. The van der Waals surface area contributed by atoms with E-state index in [9.17, 15) is 13.2 Å². The third kappa shape index (κ3) is 4.54. The lowest BCUT2D eigenvalue weighted by molar-refractivity contribution is -0.141. The Morgan fingerprint density at radius 3 is 2.22 bits per heavy atom. The van der Waals surface area contributed by atoms with Crippen LogP contribution in [0.4, 0.5) is 19.0 Å². The molecule has 0 N–H and O–H groups in total. The Morgan fingerprint density at radius 1 is 0.889 bits per heavy atom. The summed E-state index contributed by atoms with van der Waals surface area (Å²) < 4.78 is 38.7. The fourth-order valence-electron chi connectivity index (χ4n) is 4.50. The van der Waals surface area contributed by atoms with Crippen LogP contribution in [0, 0.1) is 0 Å². The molecule has 4 rings (SSSR count). The van der Waals surface area contributed by atoms with E-state index in [4.69, 9.17) is 0 Å². The number of halogens is 3. The first-order valence-corrected chi connectivity index (χ1v) is 11.0. The van der Waals surface area contributed by atoms with Crippen molar-refractivity contribution in [2.75, 3.05) is 55.7 Å². The molecule has 0 radical (unpaired) electrons. The summed E-state index contributed by atoms with van der Waals surface area (Å²) in [6.07, 6.45) is -0.631. The molecule has 3 aliphatic rings. The Labute approximate surface area is 163 Å². The Kier molecular flexibility index (Phi) is 5.85. The molecule has 0 amide bonds. The molecule has 150 valence electrons. The minimum atomic E-state index is -4.39. The van der Waals surface area contributed by atoms with Crippen LogP contribution in [0.15, 0.2) is 18.2 Å². The number of pyridine rings is 1. The normalized spacial score (nSPS) is 26.6. The molecule has 4 heterocycles. The third-order valence-electron chi connectivity index (χ3n) is 6.10. The van der Waals surface area contributed by atoms with E-state index in [1.165, 1.54) is 49.9 Å². The van der Waals surface area contributed by atoms with Crippen molar-refractivity contribution in [1.29, 1.82) is 0 Å². The monoisotopic (exact) mass is 400 g/mol. The first-order chi connectivity index (χ1) is 13.0. The molecule has 0 bridgehead atoms. The Balaban J connectivity index is 1.28. The quantitative estimate of drug-likeness (QED) is 0.775. The zero-order chi connectivity index (χ0) is 18.9. The summed E-state index contributed by atoms with van der Waals surface area (Å²) >= 11 is 2.07. The first kappa shape index (κ1) is 19.3. The minimum Gasteiger partial charge on any atom is -0.354 e. The number of anilines is 1. The highest BCUT2D eigenvalue weighted by molar-refractivity contribution is 7.99. The van der Waals surface area contributed by atoms with Crippen molar-refractivity contribution in [3.8, 4) is 0 Å². The van der Waals surface area contributed by atoms with Gasteiger partial charge in [-0.25, -0.2) is 4.98 Å². The van der Waals surface area contributed by atoms with Crippen LogP contribution in [0.25, 0.3) is 0 Å². The van der Waals surface area contributed by atoms with Crippen molar-refractivity contribution < 1.29 is 13.2 Å². The molecule has 0 aromatic carbocycles. The molecule has 0 saturated carbocycles. The van der Waals surface area contributed by atoms with Gasteiger partial charge in [0.25, 0.3) is 0 Å². The smallest absolute Gasteiger partial charge is 0.354 e. The number of likely N-dealkylation sites (tertiary alicyclic amines) is 1. The van der Waals surface area contributed by atoms with E-state index >= 15 is 0 Å². The van der Waals surface area contributed by atoms with Crippen molar-refractivity contribution >= 4 is 17.6 Å². The fourth-order valence-corrected chi connectivity index (χ4v) is 5.75. The lowest BCUT2D eigenvalue weighted by Gasteiger charge is -2.44. The summed E-state index contributed by atoms with van der Waals surface area (Å²) in [5, 5.41) is 0. The fraction of sp³-hybridized carbons (Fsp3) is 0.737. The summed E-state index contributed by atoms with van der Waals surface area (Å²) in [5.41, 5.74) is -0.806. The zero-order valence-corrected chi connectivity index (χ0v) is 16.3. The van der Waals surface area contributed by atoms with E-state index < -0.39 is 11.9 Å². The summed E-state index contributed by atoms with van der Waals surface area (Å²) in [4.78, 5) is 11.0. The molecule has 1 aromatic heterocycles. The van der Waals surface area contributed by atoms with Crippen molar-refractivity contribution in [1.82, 2.24) is 14.8 Å². The second kappa shape index (κ2) is 8.17. The van der Waals surface area contributed by atoms with Crippen LogP contribution in [0.1, 0.15) is 25.0 Å². The maximum Gasteiger partial charge on any atom is 0.433 e. The predicted octanol–water partition coefficient (Wildman–Crippen LogP) is 3.19. The molecule has 0 unspecified atom stereocenters. The molecule has 8 heteroatoms. The van der Waals surface area contributed by atoms with E-state index in [1.807, 2.05) is 4.90 Å². The van der Waals surface area contributed by atoms with Crippen LogP contribution >= 0.6 is 11.8 Å². The van der Waals surface area contributed by atoms with Crippen LogP contribution < -0.4 is 4.90 Å². The second-order valence-electron chi connectivity index (χ2n) is 7.69. The Morgan fingerprint density at radius 2 is 1.59 bits per heavy atom. The van der Waals surface area contributed by atoms with Crippen molar-refractivity contribution in [2.45, 2.75) is 37.5 Å². The molecule has 3 aliphatic heterocycles. The van der Waals surface area contributed by atoms with Gasteiger partial charge in [0.2, 0.25) is 0 Å². The van der Waals surface area contributed by atoms with E-state index in [1.54, 1.807) is 6.07 Å². The average molecular weight is 401 g/mol. The molecule has 4 nitrogen and oxygen atoms in total. The van der Waals surface area contributed by atoms with Gasteiger partial charge in [0.15, 0.2) is 0 Å². The highest BCUT2D eigenvalue weighted by Crippen LogP contribution is 2.30. The SMILES string of the molecule is FC(F)(F)c1cccc(N2CCN(C3CCN([C@@H]4CCSC4)CC3)CC2)n1. The highest BCUT2D eigenvalue weighted by atomic mass is 32.2. The number of piperazine rings is 1. The lowest BCUT2D eigenvalue weighted by Crippen LogP contribution is -2.54. The molecule has 1 atom stereocenters. The van der Waals surface area contributed by atoms with Gasteiger partial charge < -0.3 is 4.90 Å². The number of piperidine rings is 1. The number of hydrogen-bond acceptors (Lipinski definition) is 5. The van der Waals surface area contributed by atoms with Crippen LogP contribution in [-0.2, 0) is 6.18 Å². The zero-order valence-electron chi connectivity index (χ0n) is 15.5. The second-order valence-corrected chi connectivity index (χ2v) is 8.84. The van der Waals surface area contributed by atoms with E-state index in [0.717, 1.165) is 38.3 Å². The largest absolute Gasteiger partial charge is 0.433 e. The van der Waals surface area contributed by atoms with Crippen LogP contribution in [-0.4, -0.2) is 77.6 Å². The van der Waals surface area contributed by atoms with Gasteiger partial charge in [0.1, 0.15) is 11.5 Å². The van der Waals surface area contributed by atoms with E-state index in [-0.39, 0.29) is 0 Å². The summed E-state index contributed by atoms with van der Waals surface area (Å²) in [6, 6.07) is 5.57. The van der Waals surface area contributed by atoms with Crippen molar-refractivity contribution in [2.24, 2.45) is 0 Å². The Bertz CT molecular complexity index is 620. The van der Waals surface area contributed by atoms with Crippen molar-refractivity contribution in [3.63, 3.8) is 0 Å². The molecular weight excluding hydrogens is 373 g/mol. The van der Waals surface area contributed by atoms with Gasteiger partial charge >= 0.3 is 6.18 Å². The number of rotatable bonds is 3. The molecule has 1 aromatic rings. The number of thioether (sulfide) groups is 1. The van der Waals surface area contributed by atoms with Gasteiger partial charge in [0.05, 0.1) is 0 Å². The summed E-state index contributed by atoms with van der Waals surface area (Å²) in [7, 11) is 0. The molecule has 3 fully saturated rings.